The second-order valence-electron chi connectivity index (χ2n) is 6.52. The van der Waals surface area contributed by atoms with Crippen molar-refractivity contribution in [1.82, 2.24) is 10.6 Å². The summed E-state index contributed by atoms with van der Waals surface area (Å²) < 4.78 is 29.8. The zero-order chi connectivity index (χ0) is 20.4. The van der Waals surface area contributed by atoms with E-state index in [1.807, 2.05) is 12.1 Å². The predicted molar refractivity (Wildman–Crippen MR) is 114 cm³/mol. The third-order valence-electron chi connectivity index (χ3n) is 4.54. The molecule has 2 aromatic rings. The van der Waals surface area contributed by atoms with Crippen molar-refractivity contribution in [3.63, 3.8) is 0 Å². The minimum absolute atomic E-state index is 0.0139. The van der Waals surface area contributed by atoms with Crippen LogP contribution in [0.3, 0.4) is 0 Å². The average Bonchev–Trinajstić information content (AvgIpc) is 2.73. The summed E-state index contributed by atoms with van der Waals surface area (Å²) in [5, 5.41) is 6.31. The minimum Gasteiger partial charge on any atom is -0.497 e. The molecule has 0 aliphatic carbocycles. The molecule has 0 radical (unpaired) electrons. The van der Waals surface area contributed by atoms with Gasteiger partial charge in [-0.3, -0.25) is 4.99 Å². The van der Waals surface area contributed by atoms with Gasteiger partial charge in [0.05, 0.1) is 17.8 Å². The second kappa shape index (κ2) is 10.7. The molecule has 2 aromatic carbocycles. The molecule has 1 unspecified atom stereocenters. The van der Waals surface area contributed by atoms with E-state index in [0.29, 0.717) is 23.3 Å². The van der Waals surface area contributed by atoms with Crippen molar-refractivity contribution in [3.8, 4) is 5.75 Å². The Morgan fingerprint density at radius 1 is 1.04 bits per heavy atom. The van der Waals surface area contributed by atoms with Gasteiger partial charge < -0.3 is 15.4 Å². The molecule has 6 nitrogen and oxygen atoms in total. The minimum atomic E-state index is -3.30. The first-order chi connectivity index (χ1) is 13.5. The topological polar surface area (TPSA) is 79.8 Å². The molecule has 0 saturated heterocycles. The Kier molecular flexibility index (Phi) is 8.32. The molecule has 0 heterocycles. The van der Waals surface area contributed by atoms with Crippen LogP contribution in [-0.2, 0) is 9.84 Å². The molecule has 0 fully saturated rings. The smallest absolute Gasteiger partial charge is 0.191 e. The molecule has 7 heteroatoms. The summed E-state index contributed by atoms with van der Waals surface area (Å²) in [6, 6.07) is 16.6. The predicted octanol–water partition coefficient (Wildman–Crippen LogP) is 2.83. The highest BCUT2D eigenvalue weighted by Gasteiger charge is 2.13. The van der Waals surface area contributed by atoms with Crippen LogP contribution in [-0.4, -0.2) is 47.4 Å². The molecule has 0 aliphatic rings. The van der Waals surface area contributed by atoms with Crippen LogP contribution in [0.15, 0.2) is 64.5 Å². The maximum absolute atomic E-state index is 12.3. The number of rotatable bonds is 9. The van der Waals surface area contributed by atoms with Gasteiger partial charge in [-0.1, -0.05) is 37.3 Å². The van der Waals surface area contributed by atoms with Crippen LogP contribution in [0.25, 0.3) is 0 Å². The van der Waals surface area contributed by atoms with Crippen LogP contribution in [0.2, 0.25) is 0 Å². The number of methoxy groups -OCH3 is 1. The van der Waals surface area contributed by atoms with E-state index in [0.717, 1.165) is 18.7 Å². The molecule has 2 rings (SSSR count). The van der Waals surface area contributed by atoms with Gasteiger partial charge in [0, 0.05) is 20.1 Å². The SMILES string of the molecule is CN=C(NCCC(C)c1ccc(OC)cc1)NCCS(=O)(=O)c1ccccc1. The van der Waals surface area contributed by atoms with Crippen LogP contribution in [0, 0.1) is 0 Å². The normalized spacial score (nSPS) is 13.0. The molecule has 0 saturated carbocycles. The number of nitrogens with zero attached hydrogens (tertiary/aromatic N) is 1. The first-order valence-electron chi connectivity index (χ1n) is 9.32. The number of nitrogens with one attached hydrogen (secondary N) is 2. The number of guanidine groups is 1. The van der Waals surface area contributed by atoms with Gasteiger partial charge in [0.25, 0.3) is 0 Å². The van der Waals surface area contributed by atoms with Gasteiger partial charge in [0.2, 0.25) is 0 Å². The Morgan fingerprint density at radius 3 is 2.29 bits per heavy atom. The van der Waals surface area contributed by atoms with E-state index in [9.17, 15) is 8.42 Å². The molecule has 0 spiro atoms. The van der Waals surface area contributed by atoms with E-state index in [-0.39, 0.29) is 5.75 Å². The fourth-order valence-corrected chi connectivity index (χ4v) is 3.95. The lowest BCUT2D eigenvalue weighted by atomic mass is 9.98. The van der Waals surface area contributed by atoms with Gasteiger partial charge in [-0.2, -0.15) is 0 Å². The number of ether oxygens (including phenoxy) is 1. The lowest BCUT2D eigenvalue weighted by molar-refractivity contribution is 0.414. The lowest BCUT2D eigenvalue weighted by Crippen LogP contribution is -2.40. The standard InChI is InChI=1S/C21H29N3O3S/c1-17(18-9-11-19(27-3)12-10-18)13-14-23-21(22-2)24-15-16-28(25,26)20-7-5-4-6-8-20/h4-12,17H,13-16H2,1-3H3,(H2,22,23,24). The summed E-state index contributed by atoms with van der Waals surface area (Å²) >= 11 is 0. The zero-order valence-electron chi connectivity index (χ0n) is 16.7. The molecular weight excluding hydrogens is 374 g/mol. The molecule has 0 aliphatic heterocycles. The van der Waals surface area contributed by atoms with E-state index in [1.165, 1.54) is 5.56 Å². The van der Waals surface area contributed by atoms with Gasteiger partial charge in [0.15, 0.2) is 15.8 Å². The van der Waals surface area contributed by atoms with E-state index in [1.54, 1.807) is 44.5 Å². The maximum Gasteiger partial charge on any atom is 0.191 e. The summed E-state index contributed by atoms with van der Waals surface area (Å²) in [6.45, 7) is 3.20. The van der Waals surface area contributed by atoms with Gasteiger partial charge in [-0.05, 0) is 42.2 Å². The van der Waals surface area contributed by atoms with E-state index in [4.69, 9.17) is 4.74 Å². The van der Waals surface area contributed by atoms with Crippen LogP contribution in [0.1, 0.15) is 24.8 Å². The molecule has 28 heavy (non-hydrogen) atoms. The first-order valence-corrected chi connectivity index (χ1v) is 11.0. The molecule has 1 atom stereocenters. The van der Waals surface area contributed by atoms with Crippen LogP contribution >= 0.6 is 0 Å². The fraction of sp³-hybridized carbons (Fsp3) is 0.381. The van der Waals surface area contributed by atoms with Gasteiger partial charge in [-0.25, -0.2) is 8.42 Å². The molecule has 152 valence electrons. The third-order valence-corrected chi connectivity index (χ3v) is 6.28. The van der Waals surface area contributed by atoms with E-state index < -0.39 is 9.84 Å². The van der Waals surface area contributed by atoms with Crippen molar-refractivity contribution < 1.29 is 13.2 Å². The molecule has 2 N–H and O–H groups in total. The van der Waals surface area contributed by atoms with Gasteiger partial charge in [-0.15, -0.1) is 0 Å². The van der Waals surface area contributed by atoms with Gasteiger partial charge >= 0.3 is 0 Å². The molecule has 0 aromatic heterocycles. The molecule has 0 bridgehead atoms. The summed E-state index contributed by atoms with van der Waals surface area (Å²) in [7, 11) is 0.0379. The summed E-state index contributed by atoms with van der Waals surface area (Å²) in [6.07, 6.45) is 0.926. The average molecular weight is 404 g/mol. The highest BCUT2D eigenvalue weighted by atomic mass is 32.2. The van der Waals surface area contributed by atoms with E-state index >= 15 is 0 Å². The Balaban J connectivity index is 1.75. The van der Waals surface area contributed by atoms with Crippen molar-refractivity contribution in [2.24, 2.45) is 4.99 Å². The number of hydrogen-bond donors (Lipinski definition) is 2. The zero-order valence-corrected chi connectivity index (χ0v) is 17.5. The van der Waals surface area contributed by atoms with Crippen LogP contribution in [0.5, 0.6) is 5.75 Å². The Labute approximate surface area is 168 Å². The first kappa shape index (κ1) is 21.8. The monoisotopic (exact) mass is 403 g/mol. The largest absolute Gasteiger partial charge is 0.497 e. The van der Waals surface area contributed by atoms with Crippen LogP contribution < -0.4 is 15.4 Å². The molecule has 0 amide bonds. The highest BCUT2D eigenvalue weighted by Crippen LogP contribution is 2.21. The Morgan fingerprint density at radius 2 is 1.68 bits per heavy atom. The summed E-state index contributed by atoms with van der Waals surface area (Å²) in [4.78, 5) is 4.50. The summed E-state index contributed by atoms with van der Waals surface area (Å²) in [5.41, 5.74) is 1.25. The van der Waals surface area contributed by atoms with Crippen molar-refractivity contribution in [1.29, 1.82) is 0 Å². The van der Waals surface area contributed by atoms with Gasteiger partial charge in [0.1, 0.15) is 5.75 Å². The second-order valence-corrected chi connectivity index (χ2v) is 8.63. The van der Waals surface area contributed by atoms with Crippen molar-refractivity contribution in [2.45, 2.75) is 24.2 Å². The summed E-state index contributed by atoms with van der Waals surface area (Å²) in [5.74, 6) is 1.85. The number of sulfone groups is 1. The number of aliphatic imine (C=N–C) groups is 1. The number of benzene rings is 2. The quantitative estimate of drug-likeness (QED) is 0.497. The van der Waals surface area contributed by atoms with Crippen molar-refractivity contribution in [2.75, 3.05) is 33.0 Å². The van der Waals surface area contributed by atoms with Crippen molar-refractivity contribution >= 4 is 15.8 Å². The fourth-order valence-electron chi connectivity index (χ4n) is 2.78. The third kappa shape index (κ3) is 6.56. The lowest BCUT2D eigenvalue weighted by Gasteiger charge is -2.15. The highest BCUT2D eigenvalue weighted by molar-refractivity contribution is 7.91. The van der Waals surface area contributed by atoms with Crippen LogP contribution in [0.4, 0.5) is 0 Å². The molecular formula is C21H29N3O3S. The number of hydrogen-bond acceptors (Lipinski definition) is 4. The van der Waals surface area contributed by atoms with Crippen molar-refractivity contribution in [3.05, 3.63) is 60.2 Å². The van der Waals surface area contributed by atoms with E-state index in [2.05, 4.69) is 34.7 Å². The Bertz CT molecular complexity index is 850. The Hall–Kier alpha value is -2.54. The maximum atomic E-state index is 12.3.